The first-order valence-corrected chi connectivity index (χ1v) is 7.29. The predicted molar refractivity (Wildman–Crippen MR) is 73.7 cm³/mol. The third-order valence-electron chi connectivity index (χ3n) is 4.12. The van der Waals surface area contributed by atoms with Crippen molar-refractivity contribution in [3.05, 3.63) is 35.4 Å². The SMILES string of the molecule is CCOC1CC(NCc2ccc(C3CC3)cc2)C1. The second-order valence-electron chi connectivity index (χ2n) is 5.64. The number of benzene rings is 1. The molecule has 0 saturated heterocycles. The quantitative estimate of drug-likeness (QED) is 0.831. The van der Waals surface area contributed by atoms with Gasteiger partial charge in [0, 0.05) is 19.2 Å². The molecule has 0 bridgehead atoms. The van der Waals surface area contributed by atoms with Gasteiger partial charge in [0.2, 0.25) is 0 Å². The lowest BCUT2D eigenvalue weighted by molar-refractivity contribution is -0.0102. The van der Waals surface area contributed by atoms with E-state index in [-0.39, 0.29) is 0 Å². The Morgan fingerprint density at radius 1 is 1.17 bits per heavy atom. The van der Waals surface area contributed by atoms with Gasteiger partial charge in [-0.2, -0.15) is 0 Å². The highest BCUT2D eigenvalue weighted by molar-refractivity contribution is 5.28. The molecule has 0 heterocycles. The normalized spacial score (nSPS) is 26.9. The van der Waals surface area contributed by atoms with Crippen LogP contribution in [0.5, 0.6) is 0 Å². The lowest BCUT2D eigenvalue weighted by atomic mass is 9.89. The van der Waals surface area contributed by atoms with Crippen molar-refractivity contribution >= 4 is 0 Å². The number of hydrogen-bond acceptors (Lipinski definition) is 2. The highest BCUT2D eigenvalue weighted by Crippen LogP contribution is 2.39. The van der Waals surface area contributed by atoms with Crippen LogP contribution in [0.15, 0.2) is 24.3 Å². The zero-order chi connectivity index (χ0) is 12.4. The second-order valence-corrected chi connectivity index (χ2v) is 5.64. The van der Waals surface area contributed by atoms with Crippen molar-refractivity contribution in [3.63, 3.8) is 0 Å². The Labute approximate surface area is 110 Å². The molecule has 1 aromatic rings. The molecule has 0 radical (unpaired) electrons. The molecule has 0 aliphatic heterocycles. The first-order chi connectivity index (χ1) is 8.85. The van der Waals surface area contributed by atoms with Crippen molar-refractivity contribution in [1.29, 1.82) is 0 Å². The van der Waals surface area contributed by atoms with Crippen LogP contribution in [0.4, 0.5) is 0 Å². The first-order valence-electron chi connectivity index (χ1n) is 7.29. The molecule has 3 rings (SSSR count). The van der Waals surface area contributed by atoms with Gasteiger partial charge in [-0.25, -0.2) is 0 Å². The van der Waals surface area contributed by atoms with Crippen LogP contribution in [-0.4, -0.2) is 18.8 Å². The number of hydrogen-bond donors (Lipinski definition) is 1. The van der Waals surface area contributed by atoms with Crippen LogP contribution < -0.4 is 5.32 Å². The van der Waals surface area contributed by atoms with Gasteiger partial charge in [-0.1, -0.05) is 24.3 Å². The lowest BCUT2D eigenvalue weighted by Gasteiger charge is -2.35. The minimum Gasteiger partial charge on any atom is -0.378 e. The standard InChI is InChI=1S/C16H23NO/c1-2-18-16-9-15(10-16)17-11-12-3-5-13(6-4-12)14-7-8-14/h3-6,14-17H,2,7-11H2,1H3. The number of rotatable bonds is 6. The zero-order valence-electron chi connectivity index (χ0n) is 11.2. The molecule has 2 aliphatic rings. The van der Waals surface area contributed by atoms with Gasteiger partial charge in [-0.15, -0.1) is 0 Å². The molecule has 0 unspecified atom stereocenters. The summed E-state index contributed by atoms with van der Waals surface area (Å²) in [7, 11) is 0. The van der Waals surface area contributed by atoms with Crippen LogP contribution in [-0.2, 0) is 11.3 Å². The summed E-state index contributed by atoms with van der Waals surface area (Å²) >= 11 is 0. The van der Waals surface area contributed by atoms with Gasteiger partial charge < -0.3 is 10.1 Å². The predicted octanol–water partition coefficient (Wildman–Crippen LogP) is 3.22. The molecule has 2 aliphatic carbocycles. The van der Waals surface area contributed by atoms with Gasteiger partial charge in [0.15, 0.2) is 0 Å². The fourth-order valence-corrected chi connectivity index (χ4v) is 2.69. The monoisotopic (exact) mass is 245 g/mol. The number of ether oxygens (including phenoxy) is 1. The van der Waals surface area contributed by atoms with Gasteiger partial charge >= 0.3 is 0 Å². The lowest BCUT2D eigenvalue weighted by Crippen LogP contribution is -2.45. The van der Waals surface area contributed by atoms with E-state index in [4.69, 9.17) is 4.74 Å². The van der Waals surface area contributed by atoms with Crippen LogP contribution >= 0.6 is 0 Å². The third-order valence-corrected chi connectivity index (χ3v) is 4.12. The summed E-state index contributed by atoms with van der Waals surface area (Å²) in [5.74, 6) is 0.866. The third kappa shape index (κ3) is 2.93. The largest absolute Gasteiger partial charge is 0.378 e. The maximum Gasteiger partial charge on any atom is 0.0604 e. The molecular weight excluding hydrogens is 222 g/mol. The molecule has 1 N–H and O–H groups in total. The summed E-state index contributed by atoms with van der Waals surface area (Å²) in [6.45, 7) is 3.91. The summed E-state index contributed by atoms with van der Waals surface area (Å²) in [4.78, 5) is 0. The molecule has 0 spiro atoms. The Kier molecular flexibility index (Phi) is 3.67. The molecule has 0 atom stereocenters. The van der Waals surface area contributed by atoms with E-state index in [1.807, 2.05) is 0 Å². The van der Waals surface area contributed by atoms with E-state index in [0.29, 0.717) is 12.1 Å². The van der Waals surface area contributed by atoms with Crippen molar-refractivity contribution < 1.29 is 4.74 Å². The van der Waals surface area contributed by atoms with Gasteiger partial charge in [0.25, 0.3) is 0 Å². The van der Waals surface area contributed by atoms with Crippen LogP contribution in [0.2, 0.25) is 0 Å². The highest BCUT2D eigenvalue weighted by Gasteiger charge is 2.28. The van der Waals surface area contributed by atoms with E-state index in [1.54, 1.807) is 0 Å². The molecule has 2 saturated carbocycles. The average Bonchev–Trinajstić information content (AvgIpc) is 3.17. The average molecular weight is 245 g/mol. The Balaban J connectivity index is 1.40. The Bertz CT molecular complexity index is 377. The highest BCUT2D eigenvalue weighted by atomic mass is 16.5. The molecule has 2 nitrogen and oxygen atoms in total. The molecular formula is C16H23NO. The van der Waals surface area contributed by atoms with E-state index < -0.39 is 0 Å². The van der Waals surface area contributed by atoms with Crippen LogP contribution in [0.1, 0.15) is 49.7 Å². The minimum absolute atomic E-state index is 0.504. The summed E-state index contributed by atoms with van der Waals surface area (Å²) in [6.07, 6.45) is 5.63. The van der Waals surface area contributed by atoms with Crippen molar-refractivity contribution in [3.8, 4) is 0 Å². The maximum absolute atomic E-state index is 5.57. The van der Waals surface area contributed by atoms with Crippen molar-refractivity contribution in [1.82, 2.24) is 5.32 Å². The summed E-state index contributed by atoms with van der Waals surface area (Å²) in [6, 6.07) is 9.82. The molecule has 0 amide bonds. The molecule has 98 valence electrons. The number of nitrogens with one attached hydrogen (secondary N) is 1. The molecule has 2 heteroatoms. The molecule has 2 fully saturated rings. The Hall–Kier alpha value is -0.860. The summed E-state index contributed by atoms with van der Waals surface area (Å²) < 4.78 is 5.57. The van der Waals surface area contributed by atoms with Crippen LogP contribution in [0.3, 0.4) is 0 Å². The molecule has 1 aromatic carbocycles. The first kappa shape index (κ1) is 12.2. The smallest absolute Gasteiger partial charge is 0.0604 e. The Morgan fingerprint density at radius 2 is 1.89 bits per heavy atom. The van der Waals surface area contributed by atoms with E-state index >= 15 is 0 Å². The minimum atomic E-state index is 0.504. The van der Waals surface area contributed by atoms with Gasteiger partial charge in [0.05, 0.1) is 6.10 Å². The summed E-state index contributed by atoms with van der Waals surface area (Å²) in [5, 5.41) is 3.61. The molecule has 0 aromatic heterocycles. The fourth-order valence-electron chi connectivity index (χ4n) is 2.69. The zero-order valence-corrected chi connectivity index (χ0v) is 11.2. The van der Waals surface area contributed by atoms with Crippen molar-refractivity contribution in [2.75, 3.05) is 6.61 Å². The topological polar surface area (TPSA) is 21.3 Å². The van der Waals surface area contributed by atoms with Crippen LogP contribution in [0.25, 0.3) is 0 Å². The maximum atomic E-state index is 5.57. The van der Waals surface area contributed by atoms with E-state index in [9.17, 15) is 0 Å². The fraction of sp³-hybridized carbons (Fsp3) is 0.625. The van der Waals surface area contributed by atoms with E-state index in [0.717, 1.165) is 19.1 Å². The van der Waals surface area contributed by atoms with Gasteiger partial charge in [-0.3, -0.25) is 0 Å². The van der Waals surface area contributed by atoms with Crippen molar-refractivity contribution in [2.24, 2.45) is 0 Å². The Morgan fingerprint density at radius 3 is 2.50 bits per heavy atom. The van der Waals surface area contributed by atoms with E-state index in [1.165, 1.54) is 36.8 Å². The van der Waals surface area contributed by atoms with E-state index in [2.05, 4.69) is 36.5 Å². The van der Waals surface area contributed by atoms with Gasteiger partial charge in [0.1, 0.15) is 0 Å². The van der Waals surface area contributed by atoms with Gasteiger partial charge in [-0.05, 0) is 49.7 Å². The summed E-state index contributed by atoms with van der Waals surface area (Å²) in [5.41, 5.74) is 2.93. The van der Waals surface area contributed by atoms with Crippen LogP contribution in [0, 0.1) is 0 Å². The second kappa shape index (κ2) is 5.41. The molecule has 18 heavy (non-hydrogen) atoms. The van der Waals surface area contributed by atoms with Crippen molar-refractivity contribution in [2.45, 2.75) is 57.2 Å².